The second-order valence-electron chi connectivity index (χ2n) is 6.86. The van der Waals surface area contributed by atoms with Crippen molar-refractivity contribution in [3.8, 4) is 0 Å². The summed E-state index contributed by atoms with van der Waals surface area (Å²) >= 11 is 0. The third kappa shape index (κ3) is 7.34. The quantitative estimate of drug-likeness (QED) is 0.357. The average Bonchev–Trinajstić information content (AvgIpc) is 3.31. The van der Waals surface area contributed by atoms with E-state index < -0.39 is 10.0 Å². The van der Waals surface area contributed by atoms with E-state index in [1.165, 1.54) is 24.5 Å². The van der Waals surface area contributed by atoms with Gasteiger partial charge in [0.15, 0.2) is 0 Å². The molecule has 2 aromatic carbocycles. The summed E-state index contributed by atoms with van der Waals surface area (Å²) in [6.45, 7) is 2.37. The van der Waals surface area contributed by atoms with Crippen LogP contribution < -0.4 is 20.7 Å². The van der Waals surface area contributed by atoms with E-state index in [1.54, 1.807) is 54.6 Å². The third-order valence-electron chi connectivity index (χ3n) is 4.36. The number of hydrogen-bond donors (Lipinski definition) is 4. The lowest BCUT2D eigenvalue weighted by Crippen LogP contribution is -2.28. The first-order valence-electron chi connectivity index (χ1n) is 10.1. The highest BCUT2D eigenvalue weighted by molar-refractivity contribution is 7.89. The molecule has 0 saturated heterocycles. The zero-order valence-corrected chi connectivity index (χ0v) is 18.7. The van der Waals surface area contributed by atoms with Gasteiger partial charge in [-0.25, -0.2) is 17.9 Å². The Bertz CT molecular complexity index is 1220. The Kier molecular flexibility index (Phi) is 8.01. The molecule has 172 valence electrons. The van der Waals surface area contributed by atoms with Crippen LogP contribution in [-0.4, -0.2) is 26.9 Å². The zero-order valence-electron chi connectivity index (χ0n) is 17.9. The second-order valence-corrected chi connectivity index (χ2v) is 8.63. The molecule has 1 aromatic heterocycles. The van der Waals surface area contributed by atoms with Crippen molar-refractivity contribution in [1.82, 2.24) is 10.0 Å². The predicted octanol–water partition coefficient (Wildman–Crippen LogP) is 3.55. The van der Waals surface area contributed by atoms with Crippen molar-refractivity contribution < 1.29 is 22.4 Å². The highest BCUT2D eigenvalue weighted by Crippen LogP contribution is 2.16. The summed E-state index contributed by atoms with van der Waals surface area (Å²) in [4.78, 5) is 24.0. The van der Waals surface area contributed by atoms with Crippen LogP contribution >= 0.6 is 0 Å². The van der Waals surface area contributed by atoms with E-state index in [0.29, 0.717) is 29.2 Å². The zero-order chi connectivity index (χ0) is 23.7. The Hall–Kier alpha value is -3.89. The van der Waals surface area contributed by atoms with Gasteiger partial charge in [-0.15, -0.1) is 0 Å². The lowest BCUT2D eigenvalue weighted by molar-refractivity contribution is -0.111. The van der Waals surface area contributed by atoms with Gasteiger partial charge in [0.05, 0.1) is 17.7 Å². The minimum atomic E-state index is -3.69. The van der Waals surface area contributed by atoms with Gasteiger partial charge in [0.25, 0.3) is 0 Å². The number of carbonyl (C=O) groups excluding carboxylic acids is 2. The number of furan rings is 1. The van der Waals surface area contributed by atoms with E-state index in [9.17, 15) is 18.0 Å². The van der Waals surface area contributed by atoms with Crippen LogP contribution in [-0.2, 0) is 21.4 Å². The summed E-state index contributed by atoms with van der Waals surface area (Å²) < 4.78 is 32.3. The molecule has 1 heterocycles. The molecule has 9 nitrogen and oxygen atoms in total. The summed E-state index contributed by atoms with van der Waals surface area (Å²) in [5.41, 5.74) is 1.71. The van der Waals surface area contributed by atoms with Crippen LogP contribution in [0.15, 0.2) is 82.3 Å². The second kappa shape index (κ2) is 11.1. The molecule has 0 fully saturated rings. The molecule has 0 aliphatic carbocycles. The maximum atomic E-state index is 12.4. The number of anilines is 2. The monoisotopic (exact) mass is 468 g/mol. The van der Waals surface area contributed by atoms with E-state index in [-0.39, 0.29) is 23.4 Å². The molecule has 0 unspecified atom stereocenters. The number of carbonyl (C=O) groups is 2. The summed E-state index contributed by atoms with van der Waals surface area (Å²) in [6, 6.07) is 15.9. The molecule has 0 saturated carbocycles. The topological polar surface area (TPSA) is 130 Å². The molecule has 10 heteroatoms. The van der Waals surface area contributed by atoms with Gasteiger partial charge in [0, 0.05) is 24.0 Å². The van der Waals surface area contributed by atoms with E-state index in [0.717, 1.165) is 0 Å². The number of hydrogen-bond acceptors (Lipinski definition) is 5. The van der Waals surface area contributed by atoms with E-state index in [4.69, 9.17) is 4.42 Å². The summed E-state index contributed by atoms with van der Waals surface area (Å²) in [7, 11) is -3.69. The first kappa shape index (κ1) is 23.8. The fraction of sp³-hybridized carbons (Fsp3) is 0.130. The number of nitrogens with one attached hydrogen (secondary N) is 4. The Morgan fingerprint density at radius 1 is 0.970 bits per heavy atom. The molecule has 4 N–H and O–H groups in total. The normalized spacial score (nSPS) is 11.3. The summed E-state index contributed by atoms with van der Waals surface area (Å²) in [5.74, 6) is 0.136. The molecule has 3 aromatic rings. The van der Waals surface area contributed by atoms with Gasteiger partial charge >= 0.3 is 6.03 Å². The number of rotatable bonds is 9. The van der Waals surface area contributed by atoms with Crippen LogP contribution in [0.4, 0.5) is 16.2 Å². The number of benzene rings is 2. The fourth-order valence-corrected chi connectivity index (χ4v) is 3.78. The molecule has 0 spiro atoms. The molecule has 0 radical (unpaired) electrons. The minimum Gasteiger partial charge on any atom is -0.468 e. The highest BCUT2D eigenvalue weighted by atomic mass is 32.2. The smallest absolute Gasteiger partial charge is 0.319 e. The number of urea groups is 1. The predicted molar refractivity (Wildman–Crippen MR) is 126 cm³/mol. The van der Waals surface area contributed by atoms with Crippen LogP contribution in [0, 0.1) is 0 Å². The summed E-state index contributed by atoms with van der Waals surface area (Å²) in [5, 5.41) is 8.01. The molecular weight excluding hydrogens is 444 g/mol. The van der Waals surface area contributed by atoms with E-state index in [2.05, 4.69) is 20.7 Å². The van der Waals surface area contributed by atoms with E-state index in [1.807, 2.05) is 6.92 Å². The first-order valence-corrected chi connectivity index (χ1v) is 11.6. The van der Waals surface area contributed by atoms with Crippen molar-refractivity contribution in [2.24, 2.45) is 0 Å². The fourth-order valence-electron chi connectivity index (χ4n) is 2.79. The maximum absolute atomic E-state index is 12.4. The van der Waals surface area contributed by atoms with Gasteiger partial charge in [-0.05, 0) is 61.0 Å². The maximum Gasteiger partial charge on any atom is 0.319 e. The molecule has 3 rings (SSSR count). The largest absolute Gasteiger partial charge is 0.468 e. The first-order chi connectivity index (χ1) is 15.9. The molecule has 0 aliphatic heterocycles. The molecule has 33 heavy (non-hydrogen) atoms. The van der Waals surface area contributed by atoms with Gasteiger partial charge in [0.2, 0.25) is 15.9 Å². The molecule has 0 bridgehead atoms. The van der Waals surface area contributed by atoms with Crippen LogP contribution in [0.5, 0.6) is 0 Å². The van der Waals surface area contributed by atoms with Crippen LogP contribution in [0.1, 0.15) is 18.2 Å². The third-order valence-corrected chi connectivity index (χ3v) is 5.78. The molecule has 3 amide bonds. The standard InChI is InChI=1S/C23H24N4O5S/c1-2-24-23(29)27-19-6-3-5-18(15-19)26-22(28)13-10-17-8-11-21(12-9-17)33(30,31)25-16-20-7-4-14-32-20/h3-15,25H,2,16H2,1H3,(H,26,28)(H2,24,27,29)/b13-10+. The molecule has 0 aliphatic rings. The Morgan fingerprint density at radius 3 is 2.36 bits per heavy atom. The van der Waals surface area contributed by atoms with Crippen LogP contribution in [0.2, 0.25) is 0 Å². The van der Waals surface area contributed by atoms with E-state index >= 15 is 0 Å². The summed E-state index contributed by atoms with van der Waals surface area (Å²) in [6.07, 6.45) is 4.38. The van der Waals surface area contributed by atoms with Crippen molar-refractivity contribution in [1.29, 1.82) is 0 Å². The van der Waals surface area contributed by atoms with Crippen LogP contribution in [0.25, 0.3) is 6.08 Å². The minimum absolute atomic E-state index is 0.0527. The van der Waals surface area contributed by atoms with Gasteiger partial charge in [-0.3, -0.25) is 4.79 Å². The lowest BCUT2D eigenvalue weighted by Gasteiger charge is -2.08. The number of sulfonamides is 1. The molecule has 0 atom stereocenters. The van der Waals surface area contributed by atoms with Crippen molar-refractivity contribution in [3.63, 3.8) is 0 Å². The Morgan fingerprint density at radius 2 is 1.70 bits per heavy atom. The van der Waals surface area contributed by atoms with Crippen molar-refractivity contribution in [2.45, 2.75) is 18.4 Å². The SMILES string of the molecule is CCNC(=O)Nc1cccc(NC(=O)/C=C/c2ccc(S(=O)(=O)NCc3ccco3)cc2)c1. The number of amides is 3. The van der Waals surface area contributed by atoms with Crippen LogP contribution in [0.3, 0.4) is 0 Å². The highest BCUT2D eigenvalue weighted by Gasteiger charge is 2.14. The van der Waals surface area contributed by atoms with Gasteiger partial charge in [-0.2, -0.15) is 0 Å². The Labute approximate surface area is 191 Å². The van der Waals surface area contributed by atoms with Crippen molar-refractivity contribution >= 4 is 39.4 Å². The lowest BCUT2D eigenvalue weighted by atomic mass is 10.2. The van der Waals surface area contributed by atoms with Gasteiger partial charge in [-0.1, -0.05) is 18.2 Å². The average molecular weight is 469 g/mol. The Balaban J connectivity index is 1.56. The molecular formula is C23H24N4O5S. The van der Waals surface area contributed by atoms with Crippen molar-refractivity contribution in [2.75, 3.05) is 17.2 Å². The van der Waals surface area contributed by atoms with Gasteiger partial charge in [0.1, 0.15) is 5.76 Å². The van der Waals surface area contributed by atoms with Gasteiger partial charge < -0.3 is 20.4 Å². The van der Waals surface area contributed by atoms with Crippen molar-refractivity contribution in [3.05, 3.63) is 84.3 Å².